The van der Waals surface area contributed by atoms with Gasteiger partial charge in [0.25, 0.3) is 0 Å². The molecular weight excluding hydrogens is 361 g/mol. The molecule has 11 heteroatoms. The van der Waals surface area contributed by atoms with Gasteiger partial charge >= 0.3 is 18.6 Å². The Bertz CT molecular complexity index is 627. The minimum absolute atomic E-state index is 0.295. The van der Waals surface area contributed by atoms with Crippen molar-refractivity contribution in [1.29, 1.82) is 0 Å². The third-order valence-corrected chi connectivity index (χ3v) is 2.82. The summed E-state index contributed by atoms with van der Waals surface area (Å²) in [5.41, 5.74) is -1.33. The monoisotopic (exact) mass is 374 g/mol. The number of ether oxygens (including phenoxy) is 1. The summed E-state index contributed by atoms with van der Waals surface area (Å²) in [5, 5.41) is 4.19. The molecule has 0 bridgehead atoms. The van der Waals surface area contributed by atoms with Crippen LogP contribution in [0.3, 0.4) is 0 Å². The number of nitrogens with one attached hydrogen (secondary N) is 2. The Morgan fingerprint density at radius 3 is 2.32 bits per heavy atom. The third-order valence-electron chi connectivity index (χ3n) is 2.82. The molecule has 0 radical (unpaired) electrons. The summed E-state index contributed by atoms with van der Waals surface area (Å²) in [7, 11) is 0. The maximum absolute atomic E-state index is 13.8. The van der Waals surface area contributed by atoms with Crippen molar-refractivity contribution in [3.8, 4) is 5.75 Å². The standard InChI is InChI=1S/C14H13F7N2O2/c1-8(13(16,17)18)5-6-22-12(24)23-7-9-3-2-4-10(11(9)15)25-14(19,20)21/h2-4H,1,5-7H2,(H2,22,23,24). The number of carbonyl (C=O) groups excluding carboxylic acids is 1. The highest BCUT2D eigenvalue weighted by Gasteiger charge is 2.33. The van der Waals surface area contributed by atoms with Crippen LogP contribution in [0.15, 0.2) is 30.4 Å². The summed E-state index contributed by atoms with van der Waals surface area (Å²) in [4.78, 5) is 11.4. The third kappa shape index (κ3) is 7.31. The number of alkyl halides is 6. The summed E-state index contributed by atoms with van der Waals surface area (Å²) in [5.74, 6) is -2.38. The van der Waals surface area contributed by atoms with Crippen molar-refractivity contribution >= 4 is 6.03 Å². The molecule has 0 unspecified atom stereocenters. The Hall–Kier alpha value is -2.46. The van der Waals surface area contributed by atoms with Crippen molar-refractivity contribution in [3.05, 3.63) is 41.7 Å². The van der Waals surface area contributed by atoms with Crippen LogP contribution in [0, 0.1) is 5.82 Å². The molecule has 0 atom stereocenters. The van der Waals surface area contributed by atoms with E-state index in [2.05, 4.69) is 21.9 Å². The van der Waals surface area contributed by atoms with Gasteiger partial charge in [-0.3, -0.25) is 0 Å². The molecule has 0 fully saturated rings. The first-order chi connectivity index (χ1) is 11.4. The molecule has 1 aromatic carbocycles. The first kappa shape index (κ1) is 20.6. The van der Waals surface area contributed by atoms with Crippen molar-refractivity contribution in [2.75, 3.05) is 6.54 Å². The molecule has 0 heterocycles. The van der Waals surface area contributed by atoms with Crippen LogP contribution >= 0.6 is 0 Å². The predicted molar refractivity (Wildman–Crippen MR) is 73.1 cm³/mol. The Balaban J connectivity index is 2.51. The second-order valence-electron chi connectivity index (χ2n) is 4.74. The highest BCUT2D eigenvalue weighted by molar-refractivity contribution is 5.73. The van der Waals surface area contributed by atoms with Gasteiger partial charge in [0.1, 0.15) is 0 Å². The van der Waals surface area contributed by atoms with Gasteiger partial charge in [0.15, 0.2) is 11.6 Å². The molecule has 4 nitrogen and oxygen atoms in total. The Morgan fingerprint density at radius 2 is 1.76 bits per heavy atom. The summed E-state index contributed by atoms with van der Waals surface area (Å²) >= 11 is 0. The fourth-order valence-corrected chi connectivity index (χ4v) is 1.60. The summed E-state index contributed by atoms with van der Waals surface area (Å²) in [6, 6.07) is 2.04. The molecule has 1 aromatic rings. The largest absolute Gasteiger partial charge is 0.573 e. The summed E-state index contributed by atoms with van der Waals surface area (Å²) in [6.07, 6.45) is -10.2. The SMILES string of the molecule is C=C(CCNC(=O)NCc1cccc(OC(F)(F)F)c1F)C(F)(F)F. The van der Waals surface area contributed by atoms with E-state index in [0.717, 1.165) is 18.2 Å². The summed E-state index contributed by atoms with van der Waals surface area (Å²) < 4.78 is 90.1. The lowest BCUT2D eigenvalue weighted by molar-refractivity contribution is -0.275. The number of amides is 2. The number of benzene rings is 1. The highest BCUT2D eigenvalue weighted by atomic mass is 19.4. The van der Waals surface area contributed by atoms with Crippen LogP contribution in [0.5, 0.6) is 5.75 Å². The van der Waals surface area contributed by atoms with Gasteiger partial charge < -0.3 is 15.4 Å². The number of carbonyl (C=O) groups is 1. The molecule has 0 aliphatic rings. The van der Waals surface area contributed by atoms with Gasteiger partial charge in [-0.15, -0.1) is 13.2 Å². The normalized spacial score (nSPS) is 11.8. The van der Waals surface area contributed by atoms with Gasteiger partial charge in [-0.1, -0.05) is 18.7 Å². The minimum atomic E-state index is -5.08. The number of hydrogen-bond donors (Lipinski definition) is 2. The maximum atomic E-state index is 13.8. The minimum Gasteiger partial charge on any atom is -0.403 e. The van der Waals surface area contributed by atoms with E-state index >= 15 is 0 Å². The van der Waals surface area contributed by atoms with Crippen LogP contribution < -0.4 is 15.4 Å². The van der Waals surface area contributed by atoms with E-state index in [9.17, 15) is 35.5 Å². The average molecular weight is 374 g/mol. The van der Waals surface area contributed by atoms with Crippen LogP contribution in [0.4, 0.5) is 35.5 Å². The lowest BCUT2D eigenvalue weighted by atomic mass is 10.2. The molecule has 0 aromatic heterocycles. The van der Waals surface area contributed by atoms with E-state index in [1.54, 1.807) is 0 Å². The molecule has 0 saturated carbocycles. The van der Waals surface area contributed by atoms with Gasteiger partial charge in [0.2, 0.25) is 0 Å². The molecule has 2 N–H and O–H groups in total. The van der Waals surface area contributed by atoms with Gasteiger partial charge in [-0.2, -0.15) is 13.2 Å². The quantitative estimate of drug-likeness (QED) is 0.584. The molecule has 0 aliphatic heterocycles. The number of rotatable bonds is 6. The second kappa shape index (κ2) is 8.08. The van der Waals surface area contributed by atoms with E-state index < -0.39 is 48.7 Å². The summed E-state index contributed by atoms with van der Waals surface area (Å²) in [6.45, 7) is 1.95. The molecule has 1 rings (SSSR count). The van der Waals surface area contributed by atoms with Gasteiger partial charge in [0.05, 0.1) is 0 Å². The van der Waals surface area contributed by atoms with E-state index in [1.807, 2.05) is 0 Å². The molecular formula is C14H13F7N2O2. The van der Waals surface area contributed by atoms with E-state index in [4.69, 9.17) is 0 Å². The van der Waals surface area contributed by atoms with Crippen LogP contribution in [0.2, 0.25) is 0 Å². The molecule has 0 spiro atoms. The van der Waals surface area contributed by atoms with Crippen molar-refractivity contribution < 1.29 is 40.3 Å². The Morgan fingerprint density at radius 1 is 1.12 bits per heavy atom. The fraction of sp³-hybridized carbons (Fsp3) is 0.357. The number of urea groups is 1. The fourth-order valence-electron chi connectivity index (χ4n) is 1.60. The van der Waals surface area contributed by atoms with Crippen molar-refractivity contribution in [2.45, 2.75) is 25.5 Å². The highest BCUT2D eigenvalue weighted by Crippen LogP contribution is 2.27. The van der Waals surface area contributed by atoms with Gasteiger partial charge in [-0.25, -0.2) is 9.18 Å². The van der Waals surface area contributed by atoms with Crippen LogP contribution in [0.25, 0.3) is 0 Å². The van der Waals surface area contributed by atoms with Crippen molar-refractivity contribution in [3.63, 3.8) is 0 Å². The molecule has 0 saturated heterocycles. The van der Waals surface area contributed by atoms with Crippen molar-refractivity contribution in [2.24, 2.45) is 0 Å². The first-order valence-electron chi connectivity index (χ1n) is 6.70. The maximum Gasteiger partial charge on any atom is 0.573 e. The molecule has 2 amide bonds. The second-order valence-corrected chi connectivity index (χ2v) is 4.74. The smallest absolute Gasteiger partial charge is 0.403 e. The van der Waals surface area contributed by atoms with E-state index in [1.165, 1.54) is 0 Å². The molecule has 0 aliphatic carbocycles. The van der Waals surface area contributed by atoms with Gasteiger partial charge in [-0.05, 0) is 12.5 Å². The number of hydrogen-bond acceptors (Lipinski definition) is 2. The van der Waals surface area contributed by atoms with Crippen molar-refractivity contribution in [1.82, 2.24) is 10.6 Å². The lowest BCUT2D eigenvalue weighted by Crippen LogP contribution is -2.36. The molecule has 140 valence electrons. The van der Waals surface area contributed by atoms with Crippen LogP contribution in [-0.4, -0.2) is 25.1 Å². The van der Waals surface area contributed by atoms with Crippen LogP contribution in [0.1, 0.15) is 12.0 Å². The van der Waals surface area contributed by atoms with Crippen LogP contribution in [-0.2, 0) is 6.54 Å². The zero-order chi connectivity index (χ0) is 19.3. The predicted octanol–water partition coefficient (Wildman–Crippen LogP) is 4.03. The lowest BCUT2D eigenvalue weighted by Gasteiger charge is -2.13. The Labute approximate surface area is 137 Å². The van der Waals surface area contributed by atoms with E-state index in [-0.39, 0.29) is 12.1 Å². The first-order valence-corrected chi connectivity index (χ1v) is 6.70. The zero-order valence-electron chi connectivity index (χ0n) is 12.5. The Kier molecular flexibility index (Phi) is 6.65. The van der Waals surface area contributed by atoms with Gasteiger partial charge in [0, 0.05) is 24.2 Å². The molecule has 25 heavy (non-hydrogen) atoms. The van der Waals surface area contributed by atoms with E-state index in [0.29, 0.717) is 0 Å². The zero-order valence-corrected chi connectivity index (χ0v) is 12.5. The topological polar surface area (TPSA) is 50.4 Å². The number of halogens is 7. The average Bonchev–Trinajstić information content (AvgIpc) is 2.45.